The predicted octanol–water partition coefficient (Wildman–Crippen LogP) is 1.91. The first-order valence-corrected chi connectivity index (χ1v) is 6.20. The lowest BCUT2D eigenvalue weighted by Crippen LogP contribution is -2.04. The summed E-state index contributed by atoms with van der Waals surface area (Å²) in [7, 11) is 0. The highest BCUT2D eigenvalue weighted by Gasteiger charge is 2.01. The Hall–Kier alpha value is -1.81. The molecule has 1 aromatic heterocycles. The molecule has 96 valence electrons. The number of aryl methyl sites for hydroxylation is 1. The standard InChI is InChI=1S/C10H9NO2.C4H9N/c1-6-4-8-7(5-9(6)12)2-3-11-10(8)13;1-2-4-5-3-1/h2-5,12H,1H3,(H,11,13);5H,1-4H2. The number of aromatic nitrogens is 1. The van der Waals surface area contributed by atoms with E-state index in [2.05, 4.69) is 10.3 Å². The van der Waals surface area contributed by atoms with Crippen LogP contribution in [-0.2, 0) is 0 Å². The summed E-state index contributed by atoms with van der Waals surface area (Å²) in [5.41, 5.74) is 0.588. The van der Waals surface area contributed by atoms with Gasteiger partial charge in [0.25, 0.3) is 5.56 Å². The first kappa shape index (κ1) is 12.6. The Morgan fingerprint density at radius 2 is 1.94 bits per heavy atom. The number of nitrogens with one attached hydrogen (secondary N) is 2. The molecule has 1 aliphatic heterocycles. The highest BCUT2D eigenvalue weighted by molar-refractivity contribution is 5.83. The van der Waals surface area contributed by atoms with Crippen LogP contribution in [0.15, 0.2) is 29.2 Å². The van der Waals surface area contributed by atoms with Crippen LogP contribution in [0.1, 0.15) is 18.4 Å². The molecule has 1 aliphatic rings. The highest BCUT2D eigenvalue weighted by Crippen LogP contribution is 2.21. The number of benzene rings is 1. The quantitative estimate of drug-likeness (QED) is 0.665. The van der Waals surface area contributed by atoms with Gasteiger partial charge in [0.1, 0.15) is 5.75 Å². The van der Waals surface area contributed by atoms with Gasteiger partial charge in [0.05, 0.1) is 0 Å². The van der Waals surface area contributed by atoms with Gasteiger partial charge in [-0.15, -0.1) is 0 Å². The van der Waals surface area contributed by atoms with Crippen molar-refractivity contribution in [3.63, 3.8) is 0 Å². The van der Waals surface area contributed by atoms with E-state index in [1.165, 1.54) is 25.9 Å². The van der Waals surface area contributed by atoms with Gasteiger partial charge in [-0.3, -0.25) is 4.79 Å². The van der Waals surface area contributed by atoms with Crippen LogP contribution in [0.4, 0.5) is 0 Å². The summed E-state index contributed by atoms with van der Waals surface area (Å²) in [5.74, 6) is 0.220. The molecule has 0 unspecified atom stereocenters. The minimum absolute atomic E-state index is 0.124. The maximum Gasteiger partial charge on any atom is 0.255 e. The highest BCUT2D eigenvalue weighted by atomic mass is 16.3. The molecule has 0 spiro atoms. The molecule has 0 bridgehead atoms. The SMILES string of the molecule is C1CCNC1.Cc1cc2c(=O)[nH]ccc2cc1O. The number of pyridine rings is 1. The van der Waals surface area contributed by atoms with Crippen LogP contribution in [0.5, 0.6) is 5.75 Å². The molecular weight excluding hydrogens is 228 g/mol. The van der Waals surface area contributed by atoms with Gasteiger partial charge in [-0.05, 0) is 62.0 Å². The molecule has 1 fully saturated rings. The number of phenolic OH excluding ortho intramolecular Hbond substituents is 1. The molecule has 18 heavy (non-hydrogen) atoms. The summed E-state index contributed by atoms with van der Waals surface area (Å²) >= 11 is 0. The fraction of sp³-hybridized carbons (Fsp3) is 0.357. The monoisotopic (exact) mass is 246 g/mol. The van der Waals surface area contributed by atoms with E-state index in [4.69, 9.17) is 0 Å². The summed E-state index contributed by atoms with van der Waals surface area (Å²) in [5, 5.41) is 14.0. The fourth-order valence-electron chi connectivity index (χ4n) is 1.96. The van der Waals surface area contributed by atoms with Crippen molar-refractivity contribution in [2.45, 2.75) is 19.8 Å². The summed E-state index contributed by atoms with van der Waals surface area (Å²) in [4.78, 5) is 13.9. The van der Waals surface area contributed by atoms with Crippen LogP contribution in [-0.4, -0.2) is 23.2 Å². The lowest BCUT2D eigenvalue weighted by molar-refractivity contribution is 0.472. The molecule has 1 saturated heterocycles. The number of aromatic amines is 1. The molecule has 3 rings (SSSR count). The Labute approximate surface area is 106 Å². The third-order valence-electron chi connectivity index (χ3n) is 3.05. The number of hydrogen-bond donors (Lipinski definition) is 3. The van der Waals surface area contributed by atoms with E-state index in [1.807, 2.05) is 0 Å². The molecule has 0 amide bonds. The molecule has 1 aromatic carbocycles. The Kier molecular flexibility index (Phi) is 3.99. The second kappa shape index (κ2) is 5.69. The third kappa shape index (κ3) is 2.90. The molecule has 0 atom stereocenters. The average molecular weight is 246 g/mol. The van der Waals surface area contributed by atoms with Gasteiger partial charge in [-0.25, -0.2) is 0 Å². The molecule has 2 heterocycles. The molecule has 0 aliphatic carbocycles. The maximum absolute atomic E-state index is 11.3. The first-order valence-electron chi connectivity index (χ1n) is 6.20. The van der Waals surface area contributed by atoms with Crippen molar-refractivity contribution in [2.24, 2.45) is 0 Å². The zero-order chi connectivity index (χ0) is 13.0. The van der Waals surface area contributed by atoms with Crippen molar-refractivity contribution in [3.05, 3.63) is 40.3 Å². The van der Waals surface area contributed by atoms with Crippen LogP contribution in [0.25, 0.3) is 10.8 Å². The molecule has 0 radical (unpaired) electrons. The lowest BCUT2D eigenvalue weighted by atomic mass is 10.1. The minimum atomic E-state index is -0.124. The van der Waals surface area contributed by atoms with E-state index in [0.29, 0.717) is 10.9 Å². The molecule has 4 nitrogen and oxygen atoms in total. The Morgan fingerprint density at radius 3 is 2.56 bits per heavy atom. The zero-order valence-electron chi connectivity index (χ0n) is 10.5. The van der Waals surface area contributed by atoms with Crippen molar-refractivity contribution in [3.8, 4) is 5.75 Å². The first-order chi connectivity index (χ1) is 8.68. The number of aromatic hydroxyl groups is 1. The van der Waals surface area contributed by atoms with Gasteiger partial charge < -0.3 is 15.4 Å². The average Bonchev–Trinajstić information content (AvgIpc) is 2.91. The number of hydrogen-bond acceptors (Lipinski definition) is 3. The second-order valence-corrected chi connectivity index (χ2v) is 4.49. The van der Waals surface area contributed by atoms with Crippen LogP contribution in [0.3, 0.4) is 0 Å². The van der Waals surface area contributed by atoms with Crippen molar-refractivity contribution in [1.82, 2.24) is 10.3 Å². The van der Waals surface area contributed by atoms with E-state index in [9.17, 15) is 9.90 Å². The second-order valence-electron chi connectivity index (χ2n) is 4.49. The molecule has 3 N–H and O–H groups in total. The van der Waals surface area contributed by atoms with Gasteiger partial charge in [0.15, 0.2) is 0 Å². The van der Waals surface area contributed by atoms with Crippen molar-refractivity contribution in [2.75, 3.05) is 13.1 Å². The summed E-state index contributed by atoms with van der Waals surface area (Å²) in [6.07, 6.45) is 4.35. The molecule has 0 saturated carbocycles. The van der Waals surface area contributed by atoms with Gasteiger partial charge in [-0.2, -0.15) is 0 Å². The Balaban J connectivity index is 0.000000202. The summed E-state index contributed by atoms with van der Waals surface area (Å²) in [6, 6.07) is 5.04. The van der Waals surface area contributed by atoms with Gasteiger partial charge in [-0.1, -0.05) is 0 Å². The third-order valence-corrected chi connectivity index (χ3v) is 3.05. The topological polar surface area (TPSA) is 65.1 Å². The molecule has 4 heteroatoms. The minimum Gasteiger partial charge on any atom is -0.508 e. The van der Waals surface area contributed by atoms with E-state index in [1.54, 1.807) is 31.3 Å². The summed E-state index contributed by atoms with van der Waals surface area (Å²) in [6.45, 7) is 4.27. The van der Waals surface area contributed by atoms with E-state index >= 15 is 0 Å². The number of phenols is 1. The van der Waals surface area contributed by atoms with Gasteiger partial charge in [0.2, 0.25) is 0 Å². The van der Waals surface area contributed by atoms with Crippen LogP contribution < -0.4 is 10.9 Å². The normalized spacial score (nSPS) is 14.3. The Morgan fingerprint density at radius 1 is 1.22 bits per heavy atom. The predicted molar refractivity (Wildman–Crippen MR) is 73.1 cm³/mol. The van der Waals surface area contributed by atoms with Crippen molar-refractivity contribution in [1.29, 1.82) is 0 Å². The van der Waals surface area contributed by atoms with Crippen molar-refractivity contribution < 1.29 is 5.11 Å². The van der Waals surface area contributed by atoms with E-state index in [0.717, 1.165) is 5.39 Å². The van der Waals surface area contributed by atoms with Crippen LogP contribution in [0, 0.1) is 6.92 Å². The zero-order valence-corrected chi connectivity index (χ0v) is 10.5. The van der Waals surface area contributed by atoms with E-state index < -0.39 is 0 Å². The van der Waals surface area contributed by atoms with Gasteiger partial charge >= 0.3 is 0 Å². The van der Waals surface area contributed by atoms with Crippen molar-refractivity contribution >= 4 is 10.8 Å². The van der Waals surface area contributed by atoms with Crippen LogP contribution in [0.2, 0.25) is 0 Å². The van der Waals surface area contributed by atoms with Gasteiger partial charge in [0, 0.05) is 11.6 Å². The largest absolute Gasteiger partial charge is 0.508 e. The lowest BCUT2D eigenvalue weighted by Gasteiger charge is -2.00. The number of H-pyrrole nitrogens is 1. The van der Waals surface area contributed by atoms with Crippen LogP contribution >= 0.6 is 0 Å². The van der Waals surface area contributed by atoms with E-state index in [-0.39, 0.29) is 11.3 Å². The Bertz CT molecular complexity index is 578. The maximum atomic E-state index is 11.3. The smallest absolute Gasteiger partial charge is 0.255 e. The summed E-state index contributed by atoms with van der Waals surface area (Å²) < 4.78 is 0. The number of fused-ring (bicyclic) bond motifs is 1. The fourth-order valence-corrected chi connectivity index (χ4v) is 1.96. The number of rotatable bonds is 0. The molecular formula is C14H18N2O2. The molecule has 2 aromatic rings.